The minimum atomic E-state index is -4.97. The molecule has 8 N–H and O–H groups in total. The zero-order chi connectivity index (χ0) is 51.4. The van der Waals surface area contributed by atoms with Gasteiger partial charge in [0.1, 0.15) is 18.8 Å². The first-order chi connectivity index (χ1) is 33.0. The van der Waals surface area contributed by atoms with Crippen molar-refractivity contribution in [3.63, 3.8) is 0 Å². The lowest BCUT2D eigenvalue weighted by Crippen LogP contribution is -2.38. The third-order valence-corrected chi connectivity index (χ3v) is 12.3. The van der Waals surface area contributed by atoms with Crippen molar-refractivity contribution in [1.29, 1.82) is 0 Å². The number of phosphoric acid groups is 2. The van der Waals surface area contributed by atoms with Crippen LogP contribution in [-0.2, 0) is 46.6 Å². The number of aliphatic hydroxyl groups is 2. The fourth-order valence-electron chi connectivity index (χ4n) is 5.66. The number of hydrogen-bond donors (Lipinski definition) is 7. The molecule has 0 aromatic heterocycles. The molecule has 17 nitrogen and oxygen atoms in total. The Kier molecular flexibility index (Phi) is 41.5. The Morgan fingerprint density at radius 3 is 1.71 bits per heavy atom. The van der Waals surface area contributed by atoms with Crippen molar-refractivity contribution in [2.75, 3.05) is 32.2 Å². The number of hydrogen-bond acceptors (Lipinski definition) is 14. The third-order valence-electron chi connectivity index (χ3n) is 9.43. The van der Waals surface area contributed by atoms with Crippen LogP contribution in [-0.4, -0.2) is 110 Å². The smallest absolute Gasteiger partial charge is 0.472 e. The lowest BCUT2D eigenvalue weighted by Gasteiger charge is -2.22. The van der Waals surface area contributed by atoms with Gasteiger partial charge >= 0.3 is 33.6 Å². The summed E-state index contributed by atoms with van der Waals surface area (Å²) in [4.78, 5) is 64.7. The molecule has 0 fully saturated rings. The molecule has 0 saturated heterocycles. The Labute approximate surface area is 414 Å². The third kappa shape index (κ3) is 44.5. The van der Waals surface area contributed by atoms with Crippen LogP contribution in [0.15, 0.2) is 97.2 Å². The number of allylic oxidation sites excluding steroid dienone is 15. The Morgan fingerprint density at radius 1 is 0.623 bits per heavy atom. The topological polar surface area (TPSA) is 279 Å². The molecule has 394 valence electrons. The van der Waals surface area contributed by atoms with Crippen LogP contribution in [0.4, 0.5) is 0 Å². The maximum atomic E-state index is 13.0. The van der Waals surface area contributed by atoms with E-state index in [-0.39, 0.29) is 31.4 Å². The summed E-state index contributed by atoms with van der Waals surface area (Å²) in [6.07, 6.45) is 41.7. The SMILES string of the molecule is CCCCC/C=C\C\C=C/C=C/C=C/[C@@H](SC[C@H](N)C(=O)OC[C@H](COP(=O)(O)OC[C@@H](O)COP(=O)(O)O)OC(=O)CCC/C=C\C/C=C\C/C=C\C/C=C\CCCCC)[C@@H](O)CCCC(=O)O. The Morgan fingerprint density at radius 2 is 1.14 bits per heavy atom. The van der Waals surface area contributed by atoms with Gasteiger partial charge in [-0.25, -0.2) is 9.13 Å². The van der Waals surface area contributed by atoms with E-state index in [4.69, 9.17) is 34.6 Å². The predicted molar refractivity (Wildman–Crippen MR) is 272 cm³/mol. The highest BCUT2D eigenvalue weighted by atomic mass is 32.2. The molecule has 0 aliphatic carbocycles. The maximum Gasteiger partial charge on any atom is 0.472 e. The number of ether oxygens (including phenoxy) is 2. The van der Waals surface area contributed by atoms with Crippen molar-refractivity contribution in [2.45, 2.75) is 159 Å². The molecule has 0 bridgehead atoms. The molecule has 0 rings (SSSR count). The number of esters is 2. The number of carboxylic acid groups (broad SMARTS) is 1. The average molecular weight is 1030 g/mol. The van der Waals surface area contributed by atoms with Gasteiger partial charge in [0.05, 0.1) is 25.9 Å². The van der Waals surface area contributed by atoms with Gasteiger partial charge in [-0.2, -0.15) is 0 Å². The van der Waals surface area contributed by atoms with E-state index in [1.165, 1.54) is 38.5 Å². The highest BCUT2D eigenvalue weighted by Crippen LogP contribution is 2.44. The summed E-state index contributed by atoms with van der Waals surface area (Å²) in [5.41, 5.74) is 6.15. The number of rotatable bonds is 44. The number of carboxylic acids is 1. The minimum Gasteiger partial charge on any atom is -0.481 e. The summed E-state index contributed by atoms with van der Waals surface area (Å²) in [5.74, 6) is -2.68. The monoisotopic (exact) mass is 1030 g/mol. The number of carbonyl (C=O) groups is 3. The fourth-order valence-corrected chi connectivity index (χ4v) is 7.94. The summed E-state index contributed by atoms with van der Waals surface area (Å²) in [7, 11) is -9.90. The summed E-state index contributed by atoms with van der Waals surface area (Å²) in [5, 5.41) is 29.2. The number of phosphoric ester groups is 2. The van der Waals surface area contributed by atoms with Crippen molar-refractivity contribution < 1.29 is 76.6 Å². The van der Waals surface area contributed by atoms with Crippen LogP contribution >= 0.6 is 27.4 Å². The molecule has 0 radical (unpaired) electrons. The van der Waals surface area contributed by atoms with Crippen LogP contribution in [0.3, 0.4) is 0 Å². The van der Waals surface area contributed by atoms with Crippen molar-refractivity contribution in [3.05, 3.63) is 97.2 Å². The van der Waals surface area contributed by atoms with Crippen LogP contribution in [0.5, 0.6) is 0 Å². The molecule has 20 heteroatoms. The molecule has 0 saturated carbocycles. The van der Waals surface area contributed by atoms with Gasteiger partial charge in [0, 0.05) is 23.8 Å². The van der Waals surface area contributed by atoms with E-state index in [2.05, 4.69) is 65.4 Å². The second-order valence-electron chi connectivity index (χ2n) is 15.9. The number of unbranched alkanes of at least 4 members (excludes halogenated alkanes) is 7. The van der Waals surface area contributed by atoms with Crippen LogP contribution < -0.4 is 5.73 Å². The van der Waals surface area contributed by atoms with Gasteiger partial charge in [-0.05, 0) is 77.0 Å². The summed E-state index contributed by atoms with van der Waals surface area (Å²) in [6, 6.07) is -1.24. The summed E-state index contributed by atoms with van der Waals surface area (Å²) in [6.45, 7) is 1.05. The minimum absolute atomic E-state index is 0.0375. The molecule has 1 unspecified atom stereocenters. The van der Waals surface area contributed by atoms with Crippen molar-refractivity contribution in [1.82, 2.24) is 0 Å². The van der Waals surface area contributed by atoms with Crippen LogP contribution in [0.25, 0.3) is 0 Å². The first kappa shape index (κ1) is 65.8. The lowest BCUT2D eigenvalue weighted by atomic mass is 10.1. The van der Waals surface area contributed by atoms with Gasteiger partial charge < -0.3 is 45.2 Å². The quantitative estimate of drug-likeness (QED) is 0.00983. The normalized spacial score (nSPS) is 15.9. The molecule has 0 amide bonds. The average Bonchev–Trinajstić information content (AvgIpc) is 3.30. The van der Waals surface area contributed by atoms with Crippen LogP contribution in [0.1, 0.15) is 129 Å². The van der Waals surface area contributed by atoms with Crippen molar-refractivity contribution in [3.8, 4) is 0 Å². The van der Waals surface area contributed by atoms with Gasteiger partial charge in [0.2, 0.25) is 0 Å². The molecular formula is C49H81NO16P2S. The van der Waals surface area contributed by atoms with Gasteiger partial charge in [-0.3, -0.25) is 28.0 Å². The molecule has 0 heterocycles. The first-order valence-electron chi connectivity index (χ1n) is 23.9. The van der Waals surface area contributed by atoms with Crippen molar-refractivity contribution >= 4 is 45.3 Å². The number of aliphatic hydroxyl groups excluding tert-OH is 2. The molecular weight excluding hydrogens is 953 g/mol. The molecule has 6 atom stereocenters. The van der Waals surface area contributed by atoms with E-state index < -0.39 is 89.6 Å². The maximum absolute atomic E-state index is 13.0. The van der Waals surface area contributed by atoms with E-state index in [9.17, 15) is 38.6 Å². The largest absolute Gasteiger partial charge is 0.481 e. The highest BCUT2D eigenvalue weighted by Gasteiger charge is 2.29. The summed E-state index contributed by atoms with van der Waals surface area (Å²) >= 11 is 1.15. The standard InChI is InChI=1S/C49H81NO16P2S/c1-3-5-7-9-11-13-15-17-18-19-20-21-23-25-27-29-31-36-48(55)66-43(40-65-68(60,61)64-38-42(51)37-63-67(57,58)59)39-62-49(56)44(50)41-69-46(45(52)33-32-35-47(53)54)34-30-28-26-24-22-16-14-12-10-8-6-4-2/h11-14,17-18,20-22,24-28,30,34,42-46,51-52H,3-10,15-16,19,23,29,31-33,35-41,50H2,1-2H3,(H,53,54)(H,60,61)(H2,57,58,59)/b13-11-,14-12-,18-17-,21-20-,24-22-,27-25-,28-26+,34-30+/t42-,43+,44-,45-,46+/m0/s1. The van der Waals surface area contributed by atoms with Crippen LogP contribution in [0.2, 0.25) is 0 Å². The zero-order valence-corrected chi connectivity index (χ0v) is 43.1. The van der Waals surface area contributed by atoms with E-state index in [1.807, 2.05) is 36.5 Å². The first-order valence-corrected chi connectivity index (χ1v) is 27.9. The van der Waals surface area contributed by atoms with E-state index in [0.717, 1.165) is 50.3 Å². The fraction of sp³-hybridized carbons (Fsp3) is 0.612. The second-order valence-corrected chi connectivity index (χ2v) is 19.8. The highest BCUT2D eigenvalue weighted by molar-refractivity contribution is 8.00. The Balaban J connectivity index is 5.43. The number of nitrogens with two attached hydrogens (primary N) is 1. The number of thioether (sulfide) groups is 1. The predicted octanol–water partition coefficient (Wildman–Crippen LogP) is 9.43. The molecule has 0 aromatic carbocycles. The van der Waals surface area contributed by atoms with Gasteiger partial charge in [0.25, 0.3) is 0 Å². The molecule has 0 aliphatic heterocycles. The Hall–Kier alpha value is -3.22. The van der Waals surface area contributed by atoms with E-state index in [0.29, 0.717) is 12.8 Å². The number of aliphatic carboxylic acids is 1. The van der Waals surface area contributed by atoms with Gasteiger partial charge in [0.15, 0.2) is 6.10 Å². The van der Waals surface area contributed by atoms with Gasteiger partial charge in [-0.15, -0.1) is 11.8 Å². The number of carbonyl (C=O) groups excluding carboxylic acids is 2. The van der Waals surface area contributed by atoms with Gasteiger partial charge in [-0.1, -0.05) is 137 Å². The van der Waals surface area contributed by atoms with E-state index >= 15 is 0 Å². The van der Waals surface area contributed by atoms with Crippen molar-refractivity contribution in [2.24, 2.45) is 5.73 Å². The summed E-state index contributed by atoms with van der Waals surface area (Å²) < 4.78 is 47.9. The van der Waals surface area contributed by atoms with E-state index in [1.54, 1.807) is 18.2 Å². The molecule has 0 aliphatic rings. The Bertz CT molecular complexity index is 1710. The van der Waals surface area contributed by atoms with Crippen LogP contribution in [0, 0.1) is 0 Å². The second kappa shape index (κ2) is 43.6. The molecule has 0 spiro atoms. The molecule has 69 heavy (non-hydrogen) atoms. The molecule has 0 aromatic rings. The zero-order valence-electron chi connectivity index (χ0n) is 40.5. The lowest BCUT2D eigenvalue weighted by molar-refractivity contribution is -0.161.